The van der Waals surface area contributed by atoms with Crippen molar-refractivity contribution in [2.75, 3.05) is 19.9 Å². The molecule has 0 unspecified atom stereocenters. The van der Waals surface area contributed by atoms with Crippen molar-refractivity contribution in [3.05, 3.63) is 82.7 Å². The average molecular weight is 431 g/mol. The predicted octanol–water partition coefficient (Wildman–Crippen LogP) is 3.93. The number of fused-ring (bicyclic) bond motifs is 4. The lowest BCUT2D eigenvalue weighted by molar-refractivity contribution is 0.0755. The third-order valence-corrected chi connectivity index (χ3v) is 6.26. The van der Waals surface area contributed by atoms with Crippen molar-refractivity contribution in [2.24, 2.45) is 0 Å². The molecule has 2 bridgehead atoms. The maximum Gasteiger partial charge on any atom is 0.253 e. The molecule has 164 valence electrons. The minimum atomic E-state index is 0.0205. The fraction of sp³-hybridized carbons (Fsp3) is 0.308. The zero-order chi connectivity index (χ0) is 21.9. The Labute approximate surface area is 187 Å². The van der Waals surface area contributed by atoms with E-state index < -0.39 is 0 Å². The largest absolute Gasteiger partial charge is 0.508 e. The molecule has 6 nitrogen and oxygen atoms in total. The molecule has 2 aliphatic heterocycles. The normalized spacial score (nSPS) is 15.8. The summed E-state index contributed by atoms with van der Waals surface area (Å²) in [4.78, 5) is 19.1. The maximum atomic E-state index is 13.2. The first-order valence-electron chi connectivity index (χ1n) is 11.1. The van der Waals surface area contributed by atoms with Crippen molar-refractivity contribution < 1.29 is 19.4 Å². The number of carbonyl (C=O) groups is 1. The Kier molecular flexibility index (Phi) is 5.67. The Bertz CT molecular complexity index is 1130. The van der Waals surface area contributed by atoms with Gasteiger partial charge in [-0.05, 0) is 84.7 Å². The first-order chi connectivity index (χ1) is 15.7. The number of hydrogen-bond donors (Lipinski definition) is 1. The fourth-order valence-corrected chi connectivity index (χ4v) is 4.47. The van der Waals surface area contributed by atoms with E-state index in [1.807, 2.05) is 11.0 Å². The highest BCUT2D eigenvalue weighted by atomic mass is 16.7. The SMILES string of the molecule is O=C(c1ccncc1)N1CCCc2cc3c(cc2CCc2cc(ccc2O)CC1)OCO3. The molecular formula is C26H26N2O4. The molecule has 2 aliphatic rings. The third kappa shape index (κ3) is 4.26. The van der Waals surface area contributed by atoms with Crippen LogP contribution in [0.2, 0.25) is 0 Å². The summed E-state index contributed by atoms with van der Waals surface area (Å²) in [5.74, 6) is 1.89. The van der Waals surface area contributed by atoms with Gasteiger partial charge in [0.25, 0.3) is 5.91 Å². The highest BCUT2D eigenvalue weighted by Crippen LogP contribution is 2.36. The maximum absolute atomic E-state index is 13.2. The second kappa shape index (κ2) is 8.91. The van der Waals surface area contributed by atoms with Gasteiger partial charge in [0.1, 0.15) is 5.75 Å². The van der Waals surface area contributed by atoms with Crippen molar-refractivity contribution in [3.63, 3.8) is 0 Å². The zero-order valence-corrected chi connectivity index (χ0v) is 17.9. The summed E-state index contributed by atoms with van der Waals surface area (Å²) in [6, 6.07) is 13.4. The summed E-state index contributed by atoms with van der Waals surface area (Å²) >= 11 is 0. The van der Waals surface area contributed by atoms with E-state index in [4.69, 9.17) is 9.47 Å². The Morgan fingerprint density at radius 3 is 2.34 bits per heavy atom. The topological polar surface area (TPSA) is 71.9 Å². The molecule has 0 fully saturated rings. The lowest BCUT2D eigenvalue weighted by Crippen LogP contribution is -2.34. The second-order valence-electron chi connectivity index (χ2n) is 8.32. The molecule has 2 aromatic carbocycles. The standard InChI is InChI=1S/C26H26N2O4/c29-23-6-3-18-9-13-28(26(30)19-7-10-27-11-8-19)12-1-2-20-15-24-25(32-17-31-24)16-21(20)4-5-22(23)14-18/h3,6-8,10-11,14-16,29H,1-2,4-5,9,12-13,17H2. The van der Waals surface area contributed by atoms with Crippen LogP contribution in [-0.2, 0) is 25.7 Å². The molecule has 6 heteroatoms. The van der Waals surface area contributed by atoms with Gasteiger partial charge >= 0.3 is 0 Å². The molecule has 1 N–H and O–H groups in total. The summed E-state index contributed by atoms with van der Waals surface area (Å²) in [5.41, 5.74) is 5.11. The number of phenols is 1. The van der Waals surface area contributed by atoms with Gasteiger partial charge in [0.15, 0.2) is 11.5 Å². The molecular weight excluding hydrogens is 404 g/mol. The number of amides is 1. The van der Waals surface area contributed by atoms with Crippen LogP contribution in [0.4, 0.5) is 0 Å². The van der Waals surface area contributed by atoms with Crippen molar-refractivity contribution in [3.8, 4) is 17.2 Å². The van der Waals surface area contributed by atoms with Crippen molar-refractivity contribution in [1.29, 1.82) is 0 Å². The van der Waals surface area contributed by atoms with Crippen LogP contribution in [0.3, 0.4) is 0 Å². The number of aryl methyl sites for hydroxylation is 3. The molecule has 0 saturated carbocycles. The number of hydrogen-bond acceptors (Lipinski definition) is 5. The highest BCUT2D eigenvalue weighted by molar-refractivity contribution is 5.94. The fourth-order valence-electron chi connectivity index (χ4n) is 4.47. The number of aromatic nitrogens is 1. The molecule has 1 amide bonds. The molecule has 0 atom stereocenters. The molecule has 0 radical (unpaired) electrons. The molecule has 3 aromatic rings. The van der Waals surface area contributed by atoms with Gasteiger partial charge in [0.05, 0.1) is 0 Å². The summed E-state index contributed by atoms with van der Waals surface area (Å²) < 4.78 is 11.2. The van der Waals surface area contributed by atoms with Gasteiger partial charge in [-0.3, -0.25) is 9.78 Å². The van der Waals surface area contributed by atoms with Gasteiger partial charge in [-0.1, -0.05) is 12.1 Å². The molecule has 0 saturated heterocycles. The van der Waals surface area contributed by atoms with Gasteiger partial charge < -0.3 is 19.5 Å². The monoisotopic (exact) mass is 430 g/mol. The smallest absolute Gasteiger partial charge is 0.253 e. The number of nitrogens with zero attached hydrogens (tertiary/aromatic N) is 2. The van der Waals surface area contributed by atoms with Crippen LogP contribution in [-0.4, -0.2) is 40.8 Å². The molecule has 5 rings (SSSR count). The quantitative estimate of drug-likeness (QED) is 0.633. The third-order valence-electron chi connectivity index (χ3n) is 6.26. The van der Waals surface area contributed by atoms with Gasteiger partial charge in [0.2, 0.25) is 6.79 Å². The molecule has 3 heterocycles. The second-order valence-corrected chi connectivity index (χ2v) is 8.32. The van der Waals surface area contributed by atoms with Crippen LogP contribution in [0.15, 0.2) is 54.9 Å². The van der Waals surface area contributed by atoms with Crippen LogP contribution in [0.25, 0.3) is 0 Å². The van der Waals surface area contributed by atoms with E-state index in [1.54, 1.807) is 30.6 Å². The Balaban J connectivity index is 1.47. The van der Waals surface area contributed by atoms with E-state index in [0.29, 0.717) is 24.4 Å². The van der Waals surface area contributed by atoms with Gasteiger partial charge in [-0.25, -0.2) is 0 Å². The predicted molar refractivity (Wildman–Crippen MR) is 120 cm³/mol. The summed E-state index contributed by atoms with van der Waals surface area (Å²) in [5, 5.41) is 10.4. The van der Waals surface area contributed by atoms with Crippen LogP contribution in [0.5, 0.6) is 17.2 Å². The Morgan fingerprint density at radius 1 is 0.844 bits per heavy atom. The Hall–Kier alpha value is -3.54. The Morgan fingerprint density at radius 2 is 1.56 bits per heavy atom. The average Bonchev–Trinajstić information content (AvgIpc) is 3.28. The van der Waals surface area contributed by atoms with Crippen LogP contribution < -0.4 is 9.47 Å². The van der Waals surface area contributed by atoms with Crippen molar-refractivity contribution >= 4 is 5.91 Å². The van der Waals surface area contributed by atoms with E-state index in [2.05, 4.69) is 23.2 Å². The van der Waals surface area contributed by atoms with Crippen LogP contribution >= 0.6 is 0 Å². The number of ether oxygens (including phenoxy) is 2. The number of pyridine rings is 1. The van der Waals surface area contributed by atoms with Gasteiger partial charge in [0, 0.05) is 31.0 Å². The number of carbonyl (C=O) groups excluding carboxylic acids is 1. The number of benzene rings is 2. The van der Waals surface area contributed by atoms with E-state index in [-0.39, 0.29) is 12.7 Å². The summed E-state index contributed by atoms with van der Waals surface area (Å²) in [6.07, 6.45) is 7.29. The number of rotatable bonds is 1. The lowest BCUT2D eigenvalue weighted by Gasteiger charge is -2.23. The van der Waals surface area contributed by atoms with Crippen LogP contribution in [0.1, 0.15) is 39.0 Å². The summed E-state index contributed by atoms with van der Waals surface area (Å²) in [6.45, 7) is 1.54. The molecule has 0 aliphatic carbocycles. The van der Waals surface area contributed by atoms with E-state index >= 15 is 0 Å². The summed E-state index contributed by atoms with van der Waals surface area (Å²) in [7, 11) is 0. The lowest BCUT2D eigenvalue weighted by atomic mass is 9.95. The minimum Gasteiger partial charge on any atom is -0.508 e. The highest BCUT2D eigenvalue weighted by Gasteiger charge is 2.20. The minimum absolute atomic E-state index is 0.0205. The van der Waals surface area contributed by atoms with Crippen molar-refractivity contribution in [2.45, 2.75) is 32.1 Å². The van der Waals surface area contributed by atoms with Crippen molar-refractivity contribution in [1.82, 2.24) is 9.88 Å². The van der Waals surface area contributed by atoms with Gasteiger partial charge in [-0.2, -0.15) is 0 Å². The first kappa shape index (κ1) is 20.4. The van der Waals surface area contributed by atoms with Gasteiger partial charge in [-0.15, -0.1) is 0 Å². The number of aromatic hydroxyl groups is 1. The van der Waals surface area contributed by atoms with E-state index in [9.17, 15) is 9.90 Å². The zero-order valence-electron chi connectivity index (χ0n) is 17.9. The van der Waals surface area contributed by atoms with Crippen LogP contribution in [0, 0.1) is 0 Å². The molecule has 1 aromatic heterocycles. The molecule has 0 spiro atoms. The first-order valence-corrected chi connectivity index (χ1v) is 11.1. The van der Waals surface area contributed by atoms with E-state index in [0.717, 1.165) is 54.7 Å². The molecule has 32 heavy (non-hydrogen) atoms. The van der Waals surface area contributed by atoms with E-state index in [1.165, 1.54) is 11.1 Å². The number of phenolic OH excluding ortho intramolecular Hbond substituents is 1.